The summed E-state index contributed by atoms with van der Waals surface area (Å²) in [4.78, 5) is 14.5. The molecule has 2 heteroatoms. The van der Waals surface area contributed by atoms with Gasteiger partial charge in [-0.15, -0.1) is 0 Å². The highest BCUT2D eigenvalue weighted by Crippen LogP contribution is 2.38. The Kier molecular flexibility index (Phi) is 3.69. The molecule has 2 aliphatic rings. The van der Waals surface area contributed by atoms with Crippen molar-refractivity contribution in [2.45, 2.75) is 57.7 Å². The molecule has 2 fully saturated rings. The number of fused-ring (bicyclic) bond motifs is 2. The van der Waals surface area contributed by atoms with E-state index in [-0.39, 0.29) is 5.92 Å². The molecule has 2 heterocycles. The van der Waals surface area contributed by atoms with Crippen LogP contribution < -0.4 is 0 Å². The molecule has 0 radical (unpaired) electrons. The minimum Gasteiger partial charge on any atom is -0.300 e. The van der Waals surface area contributed by atoms with Gasteiger partial charge in [0.2, 0.25) is 0 Å². The van der Waals surface area contributed by atoms with Crippen LogP contribution in [0.1, 0.15) is 44.6 Å². The van der Waals surface area contributed by atoms with Gasteiger partial charge in [0, 0.05) is 24.5 Å². The van der Waals surface area contributed by atoms with Gasteiger partial charge >= 0.3 is 0 Å². The lowest BCUT2D eigenvalue weighted by molar-refractivity contribution is -0.122. The molecular weight excluding hydrogens is 234 g/mol. The maximum absolute atomic E-state index is 11.9. The van der Waals surface area contributed by atoms with Crippen molar-refractivity contribution in [2.24, 2.45) is 5.92 Å². The highest BCUT2D eigenvalue weighted by atomic mass is 16.1. The van der Waals surface area contributed by atoms with Gasteiger partial charge in [0.15, 0.2) is 0 Å². The smallest absolute Gasteiger partial charge is 0.134 e. The predicted molar refractivity (Wildman–Crippen MR) is 76.8 cm³/mol. The first kappa shape index (κ1) is 12.9. The van der Waals surface area contributed by atoms with Crippen LogP contribution >= 0.6 is 0 Å². The molecule has 1 aromatic rings. The van der Waals surface area contributed by atoms with Crippen LogP contribution in [0.2, 0.25) is 0 Å². The molecule has 0 aromatic heterocycles. The van der Waals surface area contributed by atoms with Crippen molar-refractivity contribution < 1.29 is 4.79 Å². The van der Waals surface area contributed by atoms with Crippen LogP contribution in [0, 0.1) is 5.92 Å². The van der Waals surface area contributed by atoms with Crippen LogP contribution in [0.4, 0.5) is 0 Å². The number of benzene rings is 1. The third-order valence-electron chi connectivity index (χ3n) is 4.94. The zero-order valence-corrected chi connectivity index (χ0v) is 11.7. The summed E-state index contributed by atoms with van der Waals surface area (Å²) < 4.78 is 0. The highest BCUT2D eigenvalue weighted by Gasteiger charge is 2.41. The van der Waals surface area contributed by atoms with Gasteiger partial charge in [0.25, 0.3) is 0 Å². The standard InChI is InChI=1S/C17H23NO/c1-13(19)16-9-5-8-15-10-11-17(16)18(15)12-14-6-3-2-4-7-14/h2-4,6-7,15-17H,5,8-12H2,1H3/t15-,16+,17-/m0/s1. The van der Waals surface area contributed by atoms with E-state index in [9.17, 15) is 4.79 Å². The van der Waals surface area contributed by atoms with Crippen molar-refractivity contribution in [1.29, 1.82) is 0 Å². The predicted octanol–water partition coefficient (Wildman–Crippen LogP) is 3.41. The van der Waals surface area contributed by atoms with Crippen LogP contribution in [0.5, 0.6) is 0 Å². The summed E-state index contributed by atoms with van der Waals surface area (Å²) in [6.07, 6.45) is 6.08. The lowest BCUT2D eigenvalue weighted by Crippen LogP contribution is -2.40. The number of Topliss-reactive ketones (excluding diaryl/α,β-unsaturated/α-hetero) is 1. The van der Waals surface area contributed by atoms with Gasteiger partial charge in [0.1, 0.15) is 5.78 Å². The quantitative estimate of drug-likeness (QED) is 0.827. The van der Waals surface area contributed by atoms with Crippen molar-refractivity contribution in [3.63, 3.8) is 0 Å². The van der Waals surface area contributed by atoms with Crippen LogP contribution in [0.15, 0.2) is 30.3 Å². The molecule has 2 nitrogen and oxygen atoms in total. The number of ketones is 1. The van der Waals surface area contributed by atoms with Gasteiger partial charge in [-0.1, -0.05) is 36.8 Å². The molecule has 0 unspecified atom stereocenters. The molecule has 2 bridgehead atoms. The van der Waals surface area contributed by atoms with E-state index in [0.29, 0.717) is 17.9 Å². The van der Waals surface area contributed by atoms with E-state index in [1.807, 2.05) is 0 Å². The Bertz CT molecular complexity index is 442. The van der Waals surface area contributed by atoms with E-state index in [1.165, 1.54) is 31.2 Å². The minimum atomic E-state index is 0.274. The second-order valence-corrected chi connectivity index (χ2v) is 6.10. The van der Waals surface area contributed by atoms with E-state index in [4.69, 9.17) is 0 Å². The van der Waals surface area contributed by atoms with Gasteiger partial charge in [-0.05, 0) is 38.2 Å². The first-order valence-electron chi connectivity index (χ1n) is 7.56. The molecule has 2 saturated heterocycles. The molecule has 0 aliphatic carbocycles. The number of rotatable bonds is 3. The molecule has 102 valence electrons. The van der Waals surface area contributed by atoms with Crippen molar-refractivity contribution >= 4 is 5.78 Å². The highest BCUT2D eigenvalue weighted by molar-refractivity contribution is 5.79. The lowest BCUT2D eigenvalue weighted by Gasteiger charge is -2.31. The fourth-order valence-electron chi connectivity index (χ4n) is 3.99. The second-order valence-electron chi connectivity index (χ2n) is 6.10. The zero-order valence-electron chi connectivity index (χ0n) is 11.7. The molecule has 0 amide bonds. The summed E-state index contributed by atoms with van der Waals surface area (Å²) in [7, 11) is 0. The zero-order chi connectivity index (χ0) is 13.2. The normalized spacial score (nSPS) is 31.1. The van der Waals surface area contributed by atoms with E-state index in [2.05, 4.69) is 35.2 Å². The Labute approximate surface area is 115 Å². The van der Waals surface area contributed by atoms with Crippen LogP contribution in [0.25, 0.3) is 0 Å². The Balaban J connectivity index is 1.81. The Morgan fingerprint density at radius 3 is 2.68 bits per heavy atom. The van der Waals surface area contributed by atoms with Gasteiger partial charge in [-0.3, -0.25) is 9.69 Å². The second kappa shape index (κ2) is 5.46. The Morgan fingerprint density at radius 2 is 1.95 bits per heavy atom. The monoisotopic (exact) mass is 257 g/mol. The minimum absolute atomic E-state index is 0.274. The van der Waals surface area contributed by atoms with Crippen molar-refractivity contribution in [3.05, 3.63) is 35.9 Å². The molecule has 0 spiro atoms. The summed E-state index contributed by atoms with van der Waals surface area (Å²) in [5.41, 5.74) is 1.38. The molecule has 2 aliphatic heterocycles. The van der Waals surface area contributed by atoms with Crippen LogP contribution in [-0.2, 0) is 11.3 Å². The van der Waals surface area contributed by atoms with E-state index < -0.39 is 0 Å². The molecule has 0 N–H and O–H groups in total. The summed E-state index contributed by atoms with van der Waals surface area (Å²) in [5.74, 6) is 0.668. The van der Waals surface area contributed by atoms with Crippen LogP contribution in [0.3, 0.4) is 0 Å². The molecule has 1 aromatic carbocycles. The summed E-state index contributed by atoms with van der Waals surface area (Å²) in [6, 6.07) is 11.9. The number of nitrogens with zero attached hydrogens (tertiary/aromatic N) is 1. The largest absolute Gasteiger partial charge is 0.300 e. The molecule has 19 heavy (non-hydrogen) atoms. The number of carbonyl (C=O) groups excluding carboxylic acids is 1. The third-order valence-corrected chi connectivity index (χ3v) is 4.94. The average Bonchev–Trinajstić information content (AvgIpc) is 2.66. The maximum Gasteiger partial charge on any atom is 0.134 e. The molecule has 0 saturated carbocycles. The van der Waals surface area contributed by atoms with E-state index >= 15 is 0 Å². The fourth-order valence-corrected chi connectivity index (χ4v) is 3.99. The molecule has 3 rings (SSSR count). The Morgan fingerprint density at radius 1 is 1.16 bits per heavy atom. The fraction of sp³-hybridized carbons (Fsp3) is 0.588. The first-order valence-corrected chi connectivity index (χ1v) is 7.56. The van der Waals surface area contributed by atoms with Gasteiger partial charge < -0.3 is 0 Å². The molecular formula is C17H23NO. The van der Waals surface area contributed by atoms with Gasteiger partial charge in [-0.2, -0.15) is 0 Å². The van der Waals surface area contributed by atoms with Crippen molar-refractivity contribution in [1.82, 2.24) is 4.90 Å². The lowest BCUT2D eigenvalue weighted by atomic mass is 9.88. The average molecular weight is 257 g/mol. The topological polar surface area (TPSA) is 20.3 Å². The van der Waals surface area contributed by atoms with E-state index in [0.717, 1.165) is 13.0 Å². The van der Waals surface area contributed by atoms with Crippen LogP contribution in [-0.4, -0.2) is 22.8 Å². The first-order chi connectivity index (χ1) is 9.25. The molecule has 3 atom stereocenters. The van der Waals surface area contributed by atoms with Crippen molar-refractivity contribution in [3.8, 4) is 0 Å². The SMILES string of the molecule is CC(=O)[C@H]1CCC[C@H]2CC[C@@H]1N2Cc1ccccc1. The number of hydrogen-bond donors (Lipinski definition) is 0. The van der Waals surface area contributed by atoms with E-state index in [1.54, 1.807) is 6.92 Å². The Hall–Kier alpha value is -1.15. The third kappa shape index (κ3) is 2.59. The van der Waals surface area contributed by atoms with Gasteiger partial charge in [0.05, 0.1) is 0 Å². The summed E-state index contributed by atoms with van der Waals surface area (Å²) in [5, 5.41) is 0. The number of carbonyl (C=O) groups is 1. The maximum atomic E-state index is 11.9. The summed E-state index contributed by atoms with van der Waals surface area (Å²) in [6.45, 7) is 2.80. The summed E-state index contributed by atoms with van der Waals surface area (Å²) >= 11 is 0. The van der Waals surface area contributed by atoms with Gasteiger partial charge in [-0.25, -0.2) is 0 Å². The number of hydrogen-bond acceptors (Lipinski definition) is 2. The van der Waals surface area contributed by atoms with Crippen molar-refractivity contribution in [2.75, 3.05) is 0 Å².